The molecule has 0 atom stereocenters. The first-order chi connectivity index (χ1) is 9.65. The first-order valence-corrected chi connectivity index (χ1v) is 7.56. The van der Waals surface area contributed by atoms with E-state index in [0.717, 1.165) is 4.90 Å². The molecule has 0 aliphatic heterocycles. The number of nitrogens with one attached hydrogen (secondary N) is 2. The summed E-state index contributed by atoms with van der Waals surface area (Å²) >= 11 is 2.62. The van der Waals surface area contributed by atoms with Gasteiger partial charge in [0.25, 0.3) is 5.91 Å². The Morgan fingerprint density at radius 1 is 1.15 bits per heavy atom. The zero-order chi connectivity index (χ0) is 14.4. The van der Waals surface area contributed by atoms with Crippen LogP contribution in [0.4, 0.5) is 0 Å². The number of phenols is 1. The number of benzene rings is 1. The molecule has 0 saturated carbocycles. The van der Waals surface area contributed by atoms with Gasteiger partial charge in [0.15, 0.2) is 0 Å². The van der Waals surface area contributed by atoms with E-state index in [1.165, 1.54) is 23.1 Å². The predicted molar refractivity (Wildman–Crippen MR) is 78.8 cm³/mol. The van der Waals surface area contributed by atoms with Gasteiger partial charge in [-0.25, -0.2) is 0 Å². The van der Waals surface area contributed by atoms with Gasteiger partial charge in [0.1, 0.15) is 5.75 Å². The first-order valence-electron chi connectivity index (χ1n) is 5.69. The molecule has 7 heteroatoms. The summed E-state index contributed by atoms with van der Waals surface area (Å²) in [6.07, 6.45) is 0. The van der Waals surface area contributed by atoms with Crippen molar-refractivity contribution in [2.45, 2.75) is 4.90 Å². The molecule has 104 valence electrons. The molecule has 0 radical (unpaired) electrons. The maximum absolute atomic E-state index is 11.6. The summed E-state index contributed by atoms with van der Waals surface area (Å²) in [7, 11) is 0. The molecule has 1 aromatic carbocycles. The van der Waals surface area contributed by atoms with E-state index in [-0.39, 0.29) is 23.3 Å². The fraction of sp³-hybridized carbons (Fsp3) is 0.0769. The Morgan fingerprint density at radius 3 is 2.55 bits per heavy atom. The maximum atomic E-state index is 11.6. The first kappa shape index (κ1) is 14.4. The van der Waals surface area contributed by atoms with E-state index in [1.807, 2.05) is 0 Å². The summed E-state index contributed by atoms with van der Waals surface area (Å²) in [5.74, 6) is -0.270. The van der Waals surface area contributed by atoms with Gasteiger partial charge in [-0.15, -0.1) is 23.1 Å². The van der Waals surface area contributed by atoms with E-state index in [9.17, 15) is 9.59 Å². The number of hydrazine groups is 1. The van der Waals surface area contributed by atoms with Crippen molar-refractivity contribution in [3.8, 4) is 5.75 Å². The van der Waals surface area contributed by atoms with Gasteiger partial charge in [-0.2, -0.15) is 0 Å². The van der Waals surface area contributed by atoms with Crippen LogP contribution < -0.4 is 10.9 Å². The number of rotatable bonds is 4. The molecule has 0 aliphatic rings. The summed E-state index contributed by atoms with van der Waals surface area (Å²) in [5.41, 5.74) is 4.70. The molecule has 2 rings (SSSR count). The van der Waals surface area contributed by atoms with Crippen molar-refractivity contribution in [1.29, 1.82) is 0 Å². The molecule has 1 aromatic heterocycles. The monoisotopic (exact) mass is 308 g/mol. The second-order valence-electron chi connectivity index (χ2n) is 3.76. The smallest absolute Gasteiger partial charge is 0.279 e. The van der Waals surface area contributed by atoms with Crippen molar-refractivity contribution in [2.75, 3.05) is 5.75 Å². The average Bonchev–Trinajstić information content (AvgIpc) is 2.98. The van der Waals surface area contributed by atoms with Crippen LogP contribution in [0, 0.1) is 0 Å². The van der Waals surface area contributed by atoms with Gasteiger partial charge in [0, 0.05) is 4.90 Å². The van der Waals surface area contributed by atoms with Crippen LogP contribution >= 0.6 is 23.1 Å². The van der Waals surface area contributed by atoms with Crippen LogP contribution in [0.1, 0.15) is 9.67 Å². The molecule has 0 bridgehead atoms. The van der Waals surface area contributed by atoms with Gasteiger partial charge in [0.2, 0.25) is 5.91 Å². The van der Waals surface area contributed by atoms with Crippen molar-refractivity contribution in [3.63, 3.8) is 0 Å². The zero-order valence-corrected chi connectivity index (χ0v) is 12.0. The Morgan fingerprint density at radius 2 is 1.90 bits per heavy atom. The Kier molecular flexibility index (Phi) is 5.03. The lowest BCUT2D eigenvalue weighted by atomic mass is 10.3. The van der Waals surface area contributed by atoms with Gasteiger partial charge < -0.3 is 5.11 Å². The zero-order valence-electron chi connectivity index (χ0n) is 10.3. The Hall–Kier alpha value is -1.99. The molecule has 0 unspecified atom stereocenters. The highest BCUT2D eigenvalue weighted by molar-refractivity contribution is 8.00. The third kappa shape index (κ3) is 4.29. The Labute approximate surface area is 124 Å². The van der Waals surface area contributed by atoms with Crippen LogP contribution in [-0.2, 0) is 4.79 Å². The number of thioether (sulfide) groups is 1. The average molecular weight is 308 g/mol. The Bertz CT molecular complexity index is 582. The lowest BCUT2D eigenvalue weighted by Gasteiger charge is -2.06. The molecule has 0 saturated heterocycles. The number of carbonyl (C=O) groups excluding carboxylic acids is 2. The van der Waals surface area contributed by atoms with Crippen molar-refractivity contribution in [3.05, 3.63) is 46.7 Å². The summed E-state index contributed by atoms with van der Waals surface area (Å²) in [5, 5.41) is 10.9. The van der Waals surface area contributed by atoms with Crippen LogP contribution in [-0.4, -0.2) is 22.7 Å². The second-order valence-corrected chi connectivity index (χ2v) is 5.76. The molecular formula is C13H12N2O3S2. The van der Waals surface area contributed by atoms with Crippen molar-refractivity contribution in [1.82, 2.24) is 10.9 Å². The summed E-state index contributed by atoms with van der Waals surface area (Å²) < 4.78 is 0. The number of aromatic hydroxyl groups is 1. The van der Waals surface area contributed by atoms with E-state index in [2.05, 4.69) is 10.9 Å². The third-order valence-electron chi connectivity index (χ3n) is 2.27. The van der Waals surface area contributed by atoms with Gasteiger partial charge >= 0.3 is 0 Å². The van der Waals surface area contributed by atoms with Crippen molar-refractivity contribution >= 4 is 34.9 Å². The molecule has 2 amide bonds. The second kappa shape index (κ2) is 6.97. The number of hydrogen-bond acceptors (Lipinski definition) is 5. The standard InChI is InChI=1S/C13H12N2O3S2/c16-9-3-5-10(6-4-9)20-8-12(17)14-15-13(18)11-2-1-7-19-11/h1-7,16H,8H2,(H,14,17)(H,15,18). The minimum Gasteiger partial charge on any atom is -0.508 e. The van der Waals surface area contributed by atoms with Gasteiger partial charge in [-0.3, -0.25) is 20.4 Å². The molecule has 20 heavy (non-hydrogen) atoms. The topological polar surface area (TPSA) is 78.4 Å². The van der Waals surface area contributed by atoms with E-state index in [4.69, 9.17) is 5.11 Å². The maximum Gasteiger partial charge on any atom is 0.279 e. The minimum absolute atomic E-state index is 0.176. The summed E-state index contributed by atoms with van der Waals surface area (Å²) in [6.45, 7) is 0. The molecule has 2 aromatic rings. The largest absolute Gasteiger partial charge is 0.508 e. The minimum atomic E-state index is -0.331. The van der Waals surface area contributed by atoms with E-state index in [1.54, 1.807) is 41.8 Å². The highest BCUT2D eigenvalue weighted by Crippen LogP contribution is 2.20. The van der Waals surface area contributed by atoms with Crippen LogP contribution in [0.2, 0.25) is 0 Å². The lowest BCUT2D eigenvalue weighted by Crippen LogP contribution is -2.42. The normalized spacial score (nSPS) is 10.0. The number of thiophene rings is 1. The predicted octanol–water partition coefficient (Wildman–Crippen LogP) is 2.01. The molecule has 0 spiro atoms. The fourth-order valence-corrected chi connectivity index (χ4v) is 2.64. The third-order valence-corrected chi connectivity index (χ3v) is 4.15. The van der Waals surface area contributed by atoms with Gasteiger partial charge in [-0.1, -0.05) is 6.07 Å². The molecule has 0 aliphatic carbocycles. The quantitative estimate of drug-likeness (QED) is 0.596. The highest BCUT2D eigenvalue weighted by Gasteiger charge is 2.08. The fourth-order valence-electron chi connectivity index (χ4n) is 1.32. The number of amides is 2. The number of phenolic OH excluding ortho intramolecular Hbond substituents is 1. The van der Waals surface area contributed by atoms with Crippen LogP contribution in [0.15, 0.2) is 46.7 Å². The number of hydrogen-bond donors (Lipinski definition) is 3. The van der Waals surface area contributed by atoms with Gasteiger partial charge in [0.05, 0.1) is 10.6 Å². The van der Waals surface area contributed by atoms with Crippen molar-refractivity contribution in [2.24, 2.45) is 0 Å². The van der Waals surface area contributed by atoms with Crippen LogP contribution in [0.5, 0.6) is 5.75 Å². The molecular weight excluding hydrogens is 296 g/mol. The Balaban J connectivity index is 1.73. The van der Waals surface area contributed by atoms with Crippen LogP contribution in [0.25, 0.3) is 0 Å². The van der Waals surface area contributed by atoms with Crippen molar-refractivity contribution < 1.29 is 14.7 Å². The van der Waals surface area contributed by atoms with E-state index in [0.29, 0.717) is 4.88 Å². The summed E-state index contributed by atoms with van der Waals surface area (Å²) in [6, 6.07) is 9.99. The molecule has 1 heterocycles. The van der Waals surface area contributed by atoms with Crippen LogP contribution in [0.3, 0.4) is 0 Å². The SMILES string of the molecule is O=C(CSc1ccc(O)cc1)NNC(=O)c1cccs1. The van der Waals surface area contributed by atoms with E-state index >= 15 is 0 Å². The summed E-state index contributed by atoms with van der Waals surface area (Å²) in [4.78, 5) is 24.5. The molecule has 3 N–H and O–H groups in total. The van der Waals surface area contributed by atoms with Gasteiger partial charge in [-0.05, 0) is 35.7 Å². The molecule has 5 nitrogen and oxygen atoms in total. The molecule has 0 fully saturated rings. The highest BCUT2D eigenvalue weighted by atomic mass is 32.2. The number of carbonyl (C=O) groups is 2. The van der Waals surface area contributed by atoms with E-state index < -0.39 is 0 Å². The lowest BCUT2D eigenvalue weighted by molar-refractivity contribution is -0.119.